The lowest BCUT2D eigenvalue weighted by atomic mass is 9.94. The average Bonchev–Trinajstić information content (AvgIpc) is 2.19. The molecular weight excluding hydrogens is 194 g/mol. The van der Waals surface area contributed by atoms with Gasteiger partial charge in [0.1, 0.15) is 0 Å². The van der Waals surface area contributed by atoms with E-state index in [-0.39, 0.29) is 0 Å². The fraction of sp³-hybridized carbons (Fsp3) is 1.00. The topological polar surface area (TPSA) is 3.24 Å². The summed E-state index contributed by atoms with van der Waals surface area (Å²) in [6, 6.07) is 0.776. The molecule has 1 rings (SSSR count). The maximum absolute atomic E-state index is 5.80. The third-order valence-electron chi connectivity index (χ3n) is 3.40. The van der Waals surface area contributed by atoms with Crippen molar-refractivity contribution < 1.29 is 0 Å². The molecule has 1 fully saturated rings. The van der Waals surface area contributed by atoms with Crippen molar-refractivity contribution in [2.75, 3.05) is 19.0 Å². The number of rotatable bonds is 5. The van der Waals surface area contributed by atoms with Crippen molar-refractivity contribution in [1.82, 2.24) is 4.90 Å². The predicted molar refractivity (Wildman–Crippen MR) is 64.0 cm³/mol. The highest BCUT2D eigenvalue weighted by atomic mass is 35.5. The van der Waals surface area contributed by atoms with Crippen LogP contribution in [-0.4, -0.2) is 29.9 Å². The van der Waals surface area contributed by atoms with Crippen molar-refractivity contribution in [3.05, 3.63) is 0 Å². The van der Waals surface area contributed by atoms with Crippen molar-refractivity contribution >= 4 is 11.6 Å². The third-order valence-corrected chi connectivity index (χ3v) is 3.62. The van der Waals surface area contributed by atoms with Crippen LogP contribution in [0.5, 0.6) is 0 Å². The monoisotopic (exact) mass is 217 g/mol. The molecule has 0 N–H and O–H groups in total. The summed E-state index contributed by atoms with van der Waals surface area (Å²) in [5.41, 5.74) is 0. The van der Waals surface area contributed by atoms with E-state index in [4.69, 9.17) is 11.6 Å². The molecular formula is C12H24ClN. The standard InChI is InChI=1S/C12H24ClN/c1-3-5-11(2)14-9-4-6-12(10-14)7-8-13/h11-12H,3-10H2,1-2H3. The van der Waals surface area contributed by atoms with E-state index in [1.54, 1.807) is 0 Å². The predicted octanol–water partition coefficient (Wildman–Crippen LogP) is 3.52. The molecule has 0 amide bonds. The molecule has 0 aromatic carbocycles. The minimum absolute atomic E-state index is 0.776. The van der Waals surface area contributed by atoms with Crippen LogP contribution in [0.1, 0.15) is 46.0 Å². The van der Waals surface area contributed by atoms with E-state index < -0.39 is 0 Å². The highest BCUT2D eigenvalue weighted by Gasteiger charge is 2.22. The van der Waals surface area contributed by atoms with Crippen molar-refractivity contribution in [2.45, 2.75) is 52.0 Å². The highest BCUT2D eigenvalue weighted by Crippen LogP contribution is 2.22. The summed E-state index contributed by atoms with van der Waals surface area (Å²) >= 11 is 5.80. The van der Waals surface area contributed by atoms with Gasteiger partial charge in [0.2, 0.25) is 0 Å². The number of halogens is 1. The Morgan fingerprint density at radius 3 is 2.93 bits per heavy atom. The Bertz CT molecular complexity index is 143. The van der Waals surface area contributed by atoms with Crippen molar-refractivity contribution in [3.63, 3.8) is 0 Å². The molecule has 0 bridgehead atoms. The lowest BCUT2D eigenvalue weighted by Gasteiger charge is -2.36. The molecule has 2 atom stereocenters. The van der Waals surface area contributed by atoms with E-state index in [2.05, 4.69) is 18.7 Å². The molecule has 1 aliphatic heterocycles. The zero-order valence-electron chi connectivity index (χ0n) is 9.64. The second kappa shape index (κ2) is 6.68. The Hall–Kier alpha value is 0.250. The van der Waals surface area contributed by atoms with E-state index >= 15 is 0 Å². The summed E-state index contributed by atoms with van der Waals surface area (Å²) in [6.45, 7) is 7.23. The van der Waals surface area contributed by atoms with Gasteiger partial charge in [0.05, 0.1) is 0 Å². The summed E-state index contributed by atoms with van der Waals surface area (Å²) in [6.07, 6.45) is 6.61. The van der Waals surface area contributed by atoms with E-state index in [1.807, 2.05) is 0 Å². The van der Waals surface area contributed by atoms with Gasteiger partial charge in [0, 0.05) is 18.5 Å². The van der Waals surface area contributed by atoms with Crippen LogP contribution in [0, 0.1) is 5.92 Å². The van der Waals surface area contributed by atoms with Crippen LogP contribution in [0.4, 0.5) is 0 Å². The largest absolute Gasteiger partial charge is 0.300 e. The van der Waals surface area contributed by atoms with Gasteiger partial charge in [-0.2, -0.15) is 0 Å². The van der Waals surface area contributed by atoms with Gasteiger partial charge >= 0.3 is 0 Å². The molecule has 1 nitrogen and oxygen atoms in total. The zero-order chi connectivity index (χ0) is 10.4. The fourth-order valence-corrected chi connectivity index (χ4v) is 2.80. The normalized spacial score (nSPS) is 26.4. The van der Waals surface area contributed by atoms with Gasteiger partial charge in [-0.3, -0.25) is 0 Å². The number of nitrogens with zero attached hydrogens (tertiary/aromatic N) is 1. The number of piperidine rings is 1. The number of hydrogen-bond acceptors (Lipinski definition) is 1. The Kier molecular flexibility index (Phi) is 5.88. The van der Waals surface area contributed by atoms with Gasteiger partial charge in [0.25, 0.3) is 0 Å². The van der Waals surface area contributed by atoms with Gasteiger partial charge in [0.15, 0.2) is 0 Å². The number of hydrogen-bond donors (Lipinski definition) is 0. The van der Waals surface area contributed by atoms with E-state index in [0.717, 1.165) is 17.8 Å². The van der Waals surface area contributed by atoms with Crippen molar-refractivity contribution in [1.29, 1.82) is 0 Å². The molecule has 84 valence electrons. The molecule has 2 unspecified atom stereocenters. The van der Waals surface area contributed by atoms with Gasteiger partial charge in [-0.25, -0.2) is 0 Å². The van der Waals surface area contributed by atoms with Crippen LogP contribution in [-0.2, 0) is 0 Å². The maximum Gasteiger partial charge on any atom is 0.0226 e. The Balaban J connectivity index is 2.31. The van der Waals surface area contributed by atoms with Crippen molar-refractivity contribution in [2.24, 2.45) is 5.92 Å². The van der Waals surface area contributed by atoms with Gasteiger partial charge in [-0.15, -0.1) is 11.6 Å². The van der Waals surface area contributed by atoms with Gasteiger partial charge in [-0.05, 0) is 45.1 Å². The lowest BCUT2D eigenvalue weighted by Crippen LogP contribution is -2.41. The molecule has 1 aliphatic rings. The molecule has 0 radical (unpaired) electrons. The second-order valence-electron chi connectivity index (χ2n) is 4.62. The molecule has 1 heterocycles. The average molecular weight is 218 g/mol. The molecule has 0 aromatic heterocycles. The summed E-state index contributed by atoms with van der Waals surface area (Å²) in [5.74, 6) is 1.70. The SMILES string of the molecule is CCCC(C)N1CCCC(CCCl)C1. The first-order valence-corrected chi connectivity index (χ1v) is 6.61. The first kappa shape index (κ1) is 12.3. The second-order valence-corrected chi connectivity index (χ2v) is 5.00. The van der Waals surface area contributed by atoms with E-state index in [1.165, 1.54) is 45.2 Å². The lowest BCUT2D eigenvalue weighted by molar-refractivity contribution is 0.124. The number of alkyl halides is 1. The molecule has 0 spiro atoms. The Labute approximate surface area is 93.8 Å². The summed E-state index contributed by atoms with van der Waals surface area (Å²) < 4.78 is 0. The molecule has 1 saturated heterocycles. The fourth-order valence-electron chi connectivity index (χ4n) is 2.49. The Morgan fingerprint density at radius 1 is 1.50 bits per heavy atom. The number of likely N-dealkylation sites (tertiary alicyclic amines) is 1. The minimum Gasteiger partial charge on any atom is -0.300 e. The molecule has 0 saturated carbocycles. The van der Waals surface area contributed by atoms with Gasteiger partial charge in [-0.1, -0.05) is 13.3 Å². The molecule has 0 aliphatic carbocycles. The van der Waals surface area contributed by atoms with Crippen LogP contribution in [0.25, 0.3) is 0 Å². The van der Waals surface area contributed by atoms with Crippen LogP contribution < -0.4 is 0 Å². The molecule has 14 heavy (non-hydrogen) atoms. The van der Waals surface area contributed by atoms with Crippen LogP contribution in [0.15, 0.2) is 0 Å². The third kappa shape index (κ3) is 3.78. The zero-order valence-corrected chi connectivity index (χ0v) is 10.4. The molecule has 2 heteroatoms. The smallest absolute Gasteiger partial charge is 0.0226 e. The van der Waals surface area contributed by atoms with E-state index in [0.29, 0.717) is 0 Å². The summed E-state index contributed by atoms with van der Waals surface area (Å²) in [5, 5.41) is 0. The van der Waals surface area contributed by atoms with Crippen LogP contribution in [0.3, 0.4) is 0 Å². The van der Waals surface area contributed by atoms with Crippen LogP contribution >= 0.6 is 11.6 Å². The van der Waals surface area contributed by atoms with Gasteiger partial charge < -0.3 is 4.90 Å². The summed E-state index contributed by atoms with van der Waals surface area (Å²) in [7, 11) is 0. The van der Waals surface area contributed by atoms with Crippen molar-refractivity contribution in [3.8, 4) is 0 Å². The maximum atomic E-state index is 5.80. The molecule has 0 aromatic rings. The minimum atomic E-state index is 0.776. The summed E-state index contributed by atoms with van der Waals surface area (Å²) in [4.78, 5) is 2.66. The Morgan fingerprint density at radius 2 is 2.29 bits per heavy atom. The first-order chi connectivity index (χ1) is 6.77. The van der Waals surface area contributed by atoms with Crippen LogP contribution in [0.2, 0.25) is 0 Å². The van der Waals surface area contributed by atoms with E-state index in [9.17, 15) is 0 Å². The quantitative estimate of drug-likeness (QED) is 0.637. The highest BCUT2D eigenvalue weighted by molar-refractivity contribution is 6.17. The first-order valence-electron chi connectivity index (χ1n) is 6.08.